The molecule has 0 rings (SSSR count). The van der Waals surface area contributed by atoms with Crippen molar-refractivity contribution in [2.24, 2.45) is 5.73 Å². The minimum absolute atomic E-state index is 0.0212. The molecule has 0 aliphatic heterocycles. The number of sulfonamides is 1. The third kappa shape index (κ3) is 10.2. The summed E-state index contributed by atoms with van der Waals surface area (Å²) in [4.78, 5) is 11.3. The molecular weight excluding hydrogens is 242 g/mol. The van der Waals surface area contributed by atoms with Gasteiger partial charge < -0.3 is 11.1 Å². The van der Waals surface area contributed by atoms with Gasteiger partial charge in [0.05, 0.1) is 5.75 Å². The maximum atomic E-state index is 11.4. The Labute approximate surface area is 103 Å². The standard InChI is InChI=1S/C10H23N3O3S/c1-8(2)13-17(15,16)7-6-12-10(14)5-4-9(3)11/h8-9,13H,4-7,11H2,1-3H3,(H,12,14). The van der Waals surface area contributed by atoms with Gasteiger partial charge in [-0.2, -0.15) is 0 Å². The minimum atomic E-state index is -3.30. The predicted molar refractivity (Wildman–Crippen MR) is 68.0 cm³/mol. The minimum Gasteiger partial charge on any atom is -0.355 e. The van der Waals surface area contributed by atoms with Crippen LogP contribution < -0.4 is 15.8 Å². The molecule has 0 aliphatic rings. The fourth-order valence-corrected chi connectivity index (χ4v) is 2.40. The fourth-order valence-electron chi connectivity index (χ4n) is 1.19. The van der Waals surface area contributed by atoms with Gasteiger partial charge in [-0.3, -0.25) is 4.79 Å². The molecule has 0 heterocycles. The van der Waals surface area contributed by atoms with Crippen molar-refractivity contribution in [3.63, 3.8) is 0 Å². The highest BCUT2D eigenvalue weighted by Crippen LogP contribution is 1.93. The number of carbonyl (C=O) groups excluding carboxylic acids is 1. The third-order valence-corrected chi connectivity index (χ3v) is 3.51. The van der Waals surface area contributed by atoms with Gasteiger partial charge in [-0.25, -0.2) is 13.1 Å². The van der Waals surface area contributed by atoms with Gasteiger partial charge in [0.1, 0.15) is 0 Å². The van der Waals surface area contributed by atoms with Crippen LogP contribution in [0.4, 0.5) is 0 Å². The average Bonchev–Trinajstić information content (AvgIpc) is 2.12. The fraction of sp³-hybridized carbons (Fsp3) is 0.900. The quantitative estimate of drug-likeness (QED) is 0.553. The average molecular weight is 265 g/mol. The maximum absolute atomic E-state index is 11.4. The molecule has 1 atom stereocenters. The second kappa shape index (κ2) is 7.62. The van der Waals surface area contributed by atoms with Crippen molar-refractivity contribution < 1.29 is 13.2 Å². The summed E-state index contributed by atoms with van der Waals surface area (Å²) in [6.07, 6.45) is 0.929. The second-order valence-electron chi connectivity index (χ2n) is 4.46. The van der Waals surface area contributed by atoms with E-state index in [-0.39, 0.29) is 30.3 Å². The molecule has 102 valence electrons. The van der Waals surface area contributed by atoms with Crippen molar-refractivity contribution in [2.45, 2.75) is 45.7 Å². The highest BCUT2D eigenvalue weighted by molar-refractivity contribution is 7.89. The summed E-state index contributed by atoms with van der Waals surface area (Å²) >= 11 is 0. The van der Waals surface area contributed by atoms with Crippen molar-refractivity contribution in [2.75, 3.05) is 12.3 Å². The Balaban J connectivity index is 3.80. The lowest BCUT2D eigenvalue weighted by Crippen LogP contribution is -2.37. The number of carbonyl (C=O) groups is 1. The number of rotatable bonds is 8. The number of nitrogens with one attached hydrogen (secondary N) is 2. The van der Waals surface area contributed by atoms with Gasteiger partial charge in [-0.15, -0.1) is 0 Å². The summed E-state index contributed by atoms with van der Waals surface area (Å²) in [6, 6.07) is -0.152. The molecule has 17 heavy (non-hydrogen) atoms. The lowest BCUT2D eigenvalue weighted by atomic mass is 10.2. The number of hydrogen-bond donors (Lipinski definition) is 3. The van der Waals surface area contributed by atoms with Crippen LogP contribution in [0.2, 0.25) is 0 Å². The van der Waals surface area contributed by atoms with Crippen LogP contribution in [0.5, 0.6) is 0 Å². The van der Waals surface area contributed by atoms with E-state index in [1.807, 2.05) is 6.92 Å². The van der Waals surface area contributed by atoms with Crippen LogP contribution in [0.25, 0.3) is 0 Å². The number of nitrogens with two attached hydrogens (primary N) is 1. The van der Waals surface area contributed by atoms with E-state index in [1.165, 1.54) is 0 Å². The van der Waals surface area contributed by atoms with Gasteiger partial charge in [0.2, 0.25) is 15.9 Å². The summed E-state index contributed by atoms with van der Waals surface area (Å²) in [6.45, 7) is 5.45. The molecule has 4 N–H and O–H groups in total. The summed E-state index contributed by atoms with van der Waals surface area (Å²) in [5.41, 5.74) is 5.51. The molecule has 0 radical (unpaired) electrons. The van der Waals surface area contributed by atoms with Gasteiger partial charge in [-0.1, -0.05) is 0 Å². The van der Waals surface area contributed by atoms with E-state index in [9.17, 15) is 13.2 Å². The smallest absolute Gasteiger partial charge is 0.220 e. The molecule has 0 saturated heterocycles. The highest BCUT2D eigenvalue weighted by Gasteiger charge is 2.12. The summed E-state index contributed by atoms with van der Waals surface area (Å²) in [5.74, 6) is -0.267. The molecule has 0 spiro atoms. The van der Waals surface area contributed by atoms with Crippen LogP contribution in [0.1, 0.15) is 33.6 Å². The van der Waals surface area contributed by atoms with Crippen molar-refractivity contribution in [1.82, 2.24) is 10.0 Å². The molecule has 0 aromatic carbocycles. The van der Waals surface area contributed by atoms with E-state index < -0.39 is 10.0 Å². The van der Waals surface area contributed by atoms with Crippen molar-refractivity contribution in [3.8, 4) is 0 Å². The van der Waals surface area contributed by atoms with Gasteiger partial charge >= 0.3 is 0 Å². The Morgan fingerprint density at radius 2 is 1.88 bits per heavy atom. The van der Waals surface area contributed by atoms with Gasteiger partial charge in [0, 0.05) is 25.0 Å². The van der Waals surface area contributed by atoms with E-state index in [1.54, 1.807) is 13.8 Å². The molecule has 0 aromatic heterocycles. The first kappa shape index (κ1) is 16.3. The number of amides is 1. The zero-order valence-electron chi connectivity index (χ0n) is 10.7. The Morgan fingerprint density at radius 1 is 1.29 bits per heavy atom. The van der Waals surface area contributed by atoms with Gasteiger partial charge in [-0.05, 0) is 27.2 Å². The Bertz CT molecular complexity index is 326. The molecule has 0 fully saturated rings. The molecule has 0 saturated carbocycles. The van der Waals surface area contributed by atoms with Gasteiger partial charge in [0.15, 0.2) is 0 Å². The summed E-state index contributed by atoms with van der Waals surface area (Å²) < 4.78 is 25.3. The second-order valence-corrected chi connectivity index (χ2v) is 6.33. The molecule has 6 nitrogen and oxygen atoms in total. The summed E-state index contributed by atoms with van der Waals surface area (Å²) in [5, 5.41) is 2.55. The first-order valence-electron chi connectivity index (χ1n) is 5.75. The topological polar surface area (TPSA) is 101 Å². The first-order valence-corrected chi connectivity index (χ1v) is 7.40. The van der Waals surface area contributed by atoms with Crippen LogP contribution in [0.15, 0.2) is 0 Å². The van der Waals surface area contributed by atoms with Crippen molar-refractivity contribution in [3.05, 3.63) is 0 Å². The summed E-state index contributed by atoms with van der Waals surface area (Å²) in [7, 11) is -3.30. The van der Waals surface area contributed by atoms with Crippen LogP contribution in [0, 0.1) is 0 Å². The van der Waals surface area contributed by atoms with Crippen molar-refractivity contribution >= 4 is 15.9 Å². The molecule has 0 aliphatic carbocycles. The monoisotopic (exact) mass is 265 g/mol. The van der Waals surface area contributed by atoms with E-state index in [0.717, 1.165) is 0 Å². The van der Waals surface area contributed by atoms with E-state index in [0.29, 0.717) is 12.8 Å². The first-order chi connectivity index (χ1) is 7.73. The van der Waals surface area contributed by atoms with E-state index in [2.05, 4.69) is 10.0 Å². The highest BCUT2D eigenvalue weighted by atomic mass is 32.2. The van der Waals surface area contributed by atoms with Crippen molar-refractivity contribution in [1.29, 1.82) is 0 Å². The Kier molecular flexibility index (Phi) is 7.33. The lowest BCUT2D eigenvalue weighted by Gasteiger charge is -2.10. The molecule has 1 amide bonds. The predicted octanol–water partition coefficient (Wildman–Crippen LogP) is -0.442. The lowest BCUT2D eigenvalue weighted by molar-refractivity contribution is -0.121. The molecule has 0 aromatic rings. The van der Waals surface area contributed by atoms with Crippen LogP contribution in [0.3, 0.4) is 0 Å². The van der Waals surface area contributed by atoms with Crippen LogP contribution in [-0.4, -0.2) is 38.7 Å². The SMILES string of the molecule is CC(N)CCC(=O)NCCS(=O)(=O)NC(C)C. The van der Waals surface area contributed by atoms with E-state index >= 15 is 0 Å². The third-order valence-electron chi connectivity index (χ3n) is 1.93. The number of hydrogen-bond acceptors (Lipinski definition) is 4. The zero-order valence-corrected chi connectivity index (χ0v) is 11.5. The molecule has 0 bridgehead atoms. The maximum Gasteiger partial charge on any atom is 0.220 e. The molecule has 7 heteroatoms. The molecular formula is C10H23N3O3S. The van der Waals surface area contributed by atoms with Crippen LogP contribution >= 0.6 is 0 Å². The van der Waals surface area contributed by atoms with Crippen LogP contribution in [-0.2, 0) is 14.8 Å². The normalized spacial score (nSPS) is 13.7. The van der Waals surface area contributed by atoms with E-state index in [4.69, 9.17) is 5.73 Å². The zero-order chi connectivity index (χ0) is 13.5. The van der Waals surface area contributed by atoms with Gasteiger partial charge in [0.25, 0.3) is 0 Å². The largest absolute Gasteiger partial charge is 0.355 e. The molecule has 1 unspecified atom stereocenters. The Hall–Kier alpha value is -0.660. The Morgan fingerprint density at radius 3 is 2.35 bits per heavy atom.